The second-order valence-corrected chi connectivity index (χ2v) is 2.89. The molecule has 2 amide bonds. The van der Waals surface area contributed by atoms with Crippen LogP contribution in [0.4, 0.5) is 9.59 Å². The number of aromatic hydroxyl groups is 1. The van der Waals surface area contributed by atoms with Gasteiger partial charge in [0, 0.05) is 0 Å². The Hall–Kier alpha value is -1.34. The van der Waals surface area contributed by atoms with Gasteiger partial charge in [-0.15, -0.1) is 0 Å². The fraction of sp³-hybridized carbons (Fsp3) is 0.273. The summed E-state index contributed by atoms with van der Waals surface area (Å²) in [6.45, 7) is 0. The molecule has 0 heterocycles. The van der Waals surface area contributed by atoms with E-state index in [1.165, 1.54) is 0 Å². The summed E-state index contributed by atoms with van der Waals surface area (Å²) in [5.74, 6) is 0.322. The van der Waals surface area contributed by atoms with Gasteiger partial charge in [0.2, 0.25) is 0 Å². The van der Waals surface area contributed by atoms with Crippen LogP contribution in [-0.4, -0.2) is 15.6 Å². The molecule has 108 valence electrons. The Morgan fingerprint density at radius 2 is 1.11 bits per heavy atom. The highest BCUT2D eigenvalue weighted by atomic mass is 32.1. The van der Waals surface area contributed by atoms with E-state index in [4.69, 9.17) is 14.7 Å². The van der Waals surface area contributed by atoms with Gasteiger partial charge in [0.15, 0.2) is 0 Å². The molecular formula is C11H24N2O3S2. The van der Waals surface area contributed by atoms with Crippen molar-refractivity contribution in [3.05, 3.63) is 30.3 Å². The average molecular weight is 296 g/mol. The van der Waals surface area contributed by atoms with Gasteiger partial charge >= 0.3 is 0 Å². The van der Waals surface area contributed by atoms with E-state index in [1.807, 2.05) is 6.07 Å². The molecule has 0 saturated carbocycles. The Bertz CT molecular complexity index is 276. The number of phenols is 1. The van der Waals surface area contributed by atoms with Crippen LogP contribution in [-0.2, 0) is 0 Å². The van der Waals surface area contributed by atoms with Gasteiger partial charge in [-0.25, -0.2) is 0 Å². The van der Waals surface area contributed by atoms with E-state index in [2.05, 4.69) is 36.7 Å². The molecule has 0 aliphatic carbocycles. The molecule has 5 nitrogen and oxygen atoms in total. The maximum atomic E-state index is 9.09. The Morgan fingerprint density at radius 1 is 0.889 bits per heavy atom. The summed E-state index contributed by atoms with van der Waals surface area (Å²) in [7, 11) is 0. The van der Waals surface area contributed by atoms with Crippen LogP contribution in [0.3, 0.4) is 0 Å². The molecule has 0 aliphatic heterocycles. The lowest BCUT2D eigenvalue weighted by atomic mass is 10.3. The Labute approximate surface area is 120 Å². The number of hydrogen-bond acceptors (Lipinski definition) is 3. The third-order valence-corrected chi connectivity index (χ3v) is 0.756. The highest BCUT2D eigenvalue weighted by molar-refractivity contribution is 7.96. The molecule has 0 radical (unpaired) electrons. The number of para-hydroxylation sites is 1. The Morgan fingerprint density at radius 3 is 1.22 bits per heavy atom. The van der Waals surface area contributed by atoms with Gasteiger partial charge in [0.1, 0.15) is 5.75 Å². The number of carbonyl (C=O) groups excluding carboxylic acids is 2. The third-order valence-electron chi connectivity index (χ3n) is 0.756. The first-order chi connectivity index (χ1) is 6.86. The van der Waals surface area contributed by atoms with Crippen LogP contribution in [0.25, 0.3) is 0 Å². The van der Waals surface area contributed by atoms with Crippen LogP contribution < -0.4 is 11.5 Å². The normalized spacial score (nSPS) is 6.11. The van der Waals surface area contributed by atoms with Gasteiger partial charge < -0.3 is 16.6 Å². The molecule has 0 aliphatic rings. The lowest BCUT2D eigenvalue weighted by Gasteiger charge is -1.82. The van der Waals surface area contributed by atoms with Crippen molar-refractivity contribution in [2.24, 2.45) is 11.5 Å². The number of amides is 2. The van der Waals surface area contributed by atoms with Crippen molar-refractivity contribution in [2.45, 2.75) is 22.3 Å². The first-order valence-electron chi connectivity index (χ1n) is 3.57. The van der Waals surface area contributed by atoms with Crippen molar-refractivity contribution >= 4 is 35.7 Å². The summed E-state index contributed by atoms with van der Waals surface area (Å²) in [6.07, 6.45) is 0. The molecule has 0 fully saturated rings. The predicted molar refractivity (Wildman–Crippen MR) is 85.4 cm³/mol. The van der Waals surface area contributed by atoms with Crippen LogP contribution in [0.2, 0.25) is 0 Å². The largest absolute Gasteiger partial charge is 0.508 e. The quantitative estimate of drug-likeness (QED) is 0.474. The number of phenolic OH excluding ortho intramolecular Hbond substituents is 1. The second kappa shape index (κ2) is 21.0. The lowest BCUT2D eigenvalue weighted by molar-refractivity contribution is 0.266. The first-order valence-corrected chi connectivity index (χ1v) is 4.46. The molecule has 18 heavy (non-hydrogen) atoms. The van der Waals surface area contributed by atoms with Crippen molar-refractivity contribution in [1.82, 2.24) is 0 Å². The highest BCUT2D eigenvalue weighted by Gasteiger charge is 1.74. The number of nitrogens with two attached hydrogens (primary N) is 2. The summed E-state index contributed by atoms with van der Waals surface area (Å²) in [6, 6.07) is 8.71. The summed E-state index contributed by atoms with van der Waals surface area (Å²) in [5.41, 5.74) is 8.67. The summed E-state index contributed by atoms with van der Waals surface area (Å²) in [4.78, 5) is 18.2. The highest BCUT2D eigenvalue weighted by Crippen LogP contribution is 2.02. The summed E-state index contributed by atoms with van der Waals surface area (Å²) < 4.78 is 0. The zero-order valence-corrected chi connectivity index (χ0v) is 9.49. The number of rotatable bonds is 0. The van der Waals surface area contributed by atoms with Crippen molar-refractivity contribution in [2.75, 3.05) is 0 Å². The van der Waals surface area contributed by atoms with Crippen molar-refractivity contribution in [1.29, 1.82) is 0 Å². The molecule has 0 aromatic heterocycles. The zero-order chi connectivity index (χ0) is 12.3. The van der Waals surface area contributed by atoms with Crippen molar-refractivity contribution in [3.8, 4) is 5.75 Å². The van der Waals surface area contributed by atoms with E-state index < -0.39 is 10.5 Å². The van der Waals surface area contributed by atoms with Gasteiger partial charge in [0.25, 0.3) is 10.5 Å². The number of primary amides is 2. The molecule has 7 heteroatoms. The van der Waals surface area contributed by atoms with E-state index in [-0.39, 0.29) is 22.3 Å². The van der Waals surface area contributed by atoms with Crippen LogP contribution in [0.1, 0.15) is 22.3 Å². The topological polar surface area (TPSA) is 106 Å². The first kappa shape index (κ1) is 30.1. The SMILES string of the molecule is C.C.C.NC(=O)S.NC(=O)S.Oc1ccccc1. The molecule has 0 spiro atoms. The van der Waals surface area contributed by atoms with Gasteiger partial charge in [-0.05, 0) is 12.1 Å². The number of thiol groups is 2. The molecule has 0 unspecified atom stereocenters. The smallest absolute Gasteiger partial charge is 0.273 e. The van der Waals surface area contributed by atoms with Gasteiger partial charge in [0.05, 0.1) is 0 Å². The van der Waals surface area contributed by atoms with Gasteiger partial charge in [-0.3, -0.25) is 9.59 Å². The number of benzene rings is 1. The number of carbonyl (C=O) groups is 2. The van der Waals surface area contributed by atoms with Crippen LogP contribution in [0.15, 0.2) is 30.3 Å². The standard InChI is InChI=1S/C6H6O.2CH3NOS.3CH4/c7-6-4-2-1-3-5-6;2*2-1(3)4;;;/h1-5,7H;2*(H3,2,3,4);3*1H4. The minimum Gasteiger partial charge on any atom is -0.508 e. The molecular weight excluding hydrogens is 272 g/mol. The van der Waals surface area contributed by atoms with Gasteiger partial charge in [-0.2, -0.15) is 0 Å². The van der Waals surface area contributed by atoms with E-state index in [0.717, 1.165) is 0 Å². The predicted octanol–water partition coefficient (Wildman–Crippen LogP) is 3.29. The van der Waals surface area contributed by atoms with E-state index in [1.54, 1.807) is 24.3 Å². The third kappa shape index (κ3) is 61.7. The van der Waals surface area contributed by atoms with Gasteiger partial charge in [-0.1, -0.05) is 65.7 Å². The molecule has 0 atom stereocenters. The van der Waals surface area contributed by atoms with Crippen LogP contribution in [0, 0.1) is 0 Å². The fourth-order valence-corrected chi connectivity index (χ4v) is 0.428. The minimum atomic E-state index is -0.639. The average Bonchev–Trinajstić information content (AvgIpc) is 2.03. The maximum absolute atomic E-state index is 9.09. The van der Waals surface area contributed by atoms with Crippen LogP contribution >= 0.6 is 25.3 Å². The van der Waals surface area contributed by atoms with E-state index in [0.29, 0.717) is 5.75 Å². The van der Waals surface area contributed by atoms with Crippen LogP contribution in [0.5, 0.6) is 5.75 Å². The van der Waals surface area contributed by atoms with E-state index in [9.17, 15) is 0 Å². The van der Waals surface area contributed by atoms with Crippen molar-refractivity contribution < 1.29 is 14.7 Å². The zero-order valence-electron chi connectivity index (χ0n) is 7.70. The summed E-state index contributed by atoms with van der Waals surface area (Å²) >= 11 is 6.21. The Kier molecular flexibility index (Phi) is 35.1. The molecule has 0 bridgehead atoms. The number of hydrogen-bond donors (Lipinski definition) is 5. The molecule has 0 saturated heterocycles. The molecule has 5 N–H and O–H groups in total. The van der Waals surface area contributed by atoms with E-state index >= 15 is 0 Å². The monoisotopic (exact) mass is 296 g/mol. The lowest BCUT2D eigenvalue weighted by Crippen LogP contribution is -1.95. The fourth-order valence-electron chi connectivity index (χ4n) is 0.428. The molecule has 1 rings (SSSR count). The molecule has 1 aromatic carbocycles. The molecule has 1 aromatic rings. The summed E-state index contributed by atoms with van der Waals surface area (Å²) in [5, 5.41) is 7.35. The van der Waals surface area contributed by atoms with Crippen molar-refractivity contribution in [3.63, 3.8) is 0 Å². The minimum absolute atomic E-state index is 0. The Balaban J connectivity index is -0.0000000461. The maximum Gasteiger partial charge on any atom is 0.273 e. The second-order valence-electron chi connectivity index (χ2n) is 2.01.